The molecule has 1 N–H and O–H groups in total. The fourth-order valence-electron chi connectivity index (χ4n) is 2.28. The maximum atomic E-state index is 12.6. The highest BCUT2D eigenvalue weighted by Gasteiger charge is 2.28. The average Bonchev–Trinajstić information content (AvgIpc) is 2.53. The van der Waals surface area contributed by atoms with Gasteiger partial charge in [-0.1, -0.05) is 30.3 Å². The van der Waals surface area contributed by atoms with E-state index in [1.54, 1.807) is 20.8 Å². The summed E-state index contributed by atoms with van der Waals surface area (Å²) in [6.45, 7) is 7.09. The number of hydrogen-bond acceptors (Lipinski definition) is 5. The molecule has 0 aliphatic carbocycles. The predicted molar refractivity (Wildman–Crippen MR) is 93.6 cm³/mol. The van der Waals surface area contributed by atoms with Crippen molar-refractivity contribution in [3.8, 4) is 0 Å². The molecule has 0 bridgehead atoms. The van der Waals surface area contributed by atoms with Gasteiger partial charge in [0.1, 0.15) is 5.60 Å². The van der Waals surface area contributed by atoms with Crippen LogP contribution in [0.25, 0.3) is 0 Å². The number of carbonyl (C=O) groups excluding carboxylic acids is 3. The van der Waals surface area contributed by atoms with Crippen molar-refractivity contribution < 1.29 is 23.9 Å². The van der Waals surface area contributed by atoms with Gasteiger partial charge in [0.2, 0.25) is 5.91 Å². The second-order valence-electron chi connectivity index (χ2n) is 6.91. The summed E-state index contributed by atoms with van der Waals surface area (Å²) in [5.41, 5.74) is 0.283. The Hall–Kier alpha value is -2.37. The number of amides is 1. The van der Waals surface area contributed by atoms with Crippen molar-refractivity contribution >= 4 is 17.8 Å². The van der Waals surface area contributed by atoms with Crippen LogP contribution in [-0.2, 0) is 23.9 Å². The Balaban J connectivity index is 2.78. The Morgan fingerprint density at radius 2 is 1.60 bits per heavy atom. The topological polar surface area (TPSA) is 81.7 Å². The normalized spacial score (nSPS) is 13.5. The predicted octanol–water partition coefficient (Wildman–Crippen LogP) is 2.77. The molecule has 2 atom stereocenters. The van der Waals surface area contributed by atoms with E-state index in [-0.39, 0.29) is 24.8 Å². The third-order valence-corrected chi connectivity index (χ3v) is 3.50. The van der Waals surface area contributed by atoms with Gasteiger partial charge in [-0.2, -0.15) is 0 Å². The van der Waals surface area contributed by atoms with Crippen molar-refractivity contribution in [2.24, 2.45) is 5.92 Å². The monoisotopic (exact) mass is 349 g/mol. The number of benzene rings is 1. The highest BCUT2D eigenvalue weighted by atomic mass is 16.6. The van der Waals surface area contributed by atoms with Gasteiger partial charge in [0.15, 0.2) is 0 Å². The quantitative estimate of drug-likeness (QED) is 0.766. The van der Waals surface area contributed by atoms with Crippen LogP contribution in [0.4, 0.5) is 0 Å². The summed E-state index contributed by atoms with van der Waals surface area (Å²) in [5, 5.41) is 2.84. The van der Waals surface area contributed by atoms with Gasteiger partial charge in [0.25, 0.3) is 0 Å². The number of esters is 2. The van der Waals surface area contributed by atoms with E-state index < -0.39 is 23.5 Å². The summed E-state index contributed by atoms with van der Waals surface area (Å²) < 4.78 is 9.88. The molecule has 0 aromatic heterocycles. The molecule has 0 radical (unpaired) electrons. The van der Waals surface area contributed by atoms with Crippen molar-refractivity contribution in [2.45, 2.75) is 52.2 Å². The average molecular weight is 349 g/mol. The Kier molecular flexibility index (Phi) is 7.61. The van der Waals surface area contributed by atoms with E-state index in [0.29, 0.717) is 0 Å². The lowest BCUT2D eigenvalue weighted by Crippen LogP contribution is -2.36. The summed E-state index contributed by atoms with van der Waals surface area (Å²) in [6, 6.07) is 9.20. The van der Waals surface area contributed by atoms with E-state index in [0.717, 1.165) is 5.56 Å². The molecule has 6 nitrogen and oxygen atoms in total. The third-order valence-electron chi connectivity index (χ3n) is 3.50. The molecular formula is C19H27NO5. The standard InChI is InChI=1S/C19H27NO5/c1-13(14-9-7-6-8-10-14)20-18(23)15(11-16(21)24-5)12-17(22)25-19(2,3)4/h6-10,13,15H,11-12H2,1-5H3,(H,20,23)/t13-,15+/m1/s1. The van der Waals surface area contributed by atoms with Crippen molar-refractivity contribution in [1.82, 2.24) is 5.32 Å². The Morgan fingerprint density at radius 1 is 1.04 bits per heavy atom. The zero-order valence-electron chi connectivity index (χ0n) is 15.5. The van der Waals surface area contributed by atoms with Crippen molar-refractivity contribution in [3.05, 3.63) is 35.9 Å². The minimum absolute atomic E-state index is 0.177. The molecule has 138 valence electrons. The van der Waals surface area contributed by atoms with Crippen molar-refractivity contribution in [3.63, 3.8) is 0 Å². The first-order chi connectivity index (χ1) is 11.6. The molecule has 25 heavy (non-hydrogen) atoms. The molecule has 6 heteroatoms. The van der Waals surface area contributed by atoms with Crippen LogP contribution in [0.15, 0.2) is 30.3 Å². The molecule has 1 amide bonds. The molecule has 0 fully saturated rings. The summed E-state index contributed by atoms with van der Waals surface area (Å²) in [6.07, 6.45) is -0.358. The van der Waals surface area contributed by atoms with Crippen molar-refractivity contribution in [1.29, 1.82) is 0 Å². The maximum absolute atomic E-state index is 12.6. The number of methoxy groups -OCH3 is 1. The molecule has 1 rings (SSSR count). The second-order valence-corrected chi connectivity index (χ2v) is 6.91. The van der Waals surface area contributed by atoms with Gasteiger partial charge in [0, 0.05) is 0 Å². The minimum atomic E-state index is -0.839. The zero-order valence-corrected chi connectivity index (χ0v) is 15.5. The van der Waals surface area contributed by atoms with Crippen LogP contribution < -0.4 is 5.32 Å². The van der Waals surface area contributed by atoms with Crippen molar-refractivity contribution in [2.75, 3.05) is 7.11 Å². The molecular weight excluding hydrogens is 322 g/mol. The van der Waals surface area contributed by atoms with E-state index in [1.807, 2.05) is 37.3 Å². The van der Waals surface area contributed by atoms with Crippen LogP contribution in [0.3, 0.4) is 0 Å². The van der Waals surface area contributed by atoms with Crippen LogP contribution in [-0.4, -0.2) is 30.6 Å². The van der Waals surface area contributed by atoms with Gasteiger partial charge >= 0.3 is 11.9 Å². The Bertz CT molecular complexity index is 592. The summed E-state index contributed by atoms with van der Waals surface area (Å²) in [5.74, 6) is -2.29. The molecule has 0 aliphatic heterocycles. The Labute approximate surface area is 148 Å². The number of hydrogen-bond donors (Lipinski definition) is 1. The van der Waals surface area contributed by atoms with Gasteiger partial charge in [-0.25, -0.2) is 0 Å². The van der Waals surface area contributed by atoms with Crippen LogP contribution >= 0.6 is 0 Å². The largest absolute Gasteiger partial charge is 0.469 e. The number of nitrogens with one attached hydrogen (secondary N) is 1. The molecule has 0 spiro atoms. The van der Waals surface area contributed by atoms with Crippen LogP contribution in [0.1, 0.15) is 52.1 Å². The molecule has 0 unspecified atom stereocenters. The highest BCUT2D eigenvalue weighted by molar-refractivity contribution is 5.87. The summed E-state index contributed by atoms with van der Waals surface area (Å²) >= 11 is 0. The number of rotatable bonds is 7. The van der Waals surface area contributed by atoms with E-state index in [9.17, 15) is 14.4 Å². The first-order valence-electron chi connectivity index (χ1n) is 8.26. The van der Waals surface area contributed by atoms with Crippen LogP contribution in [0, 0.1) is 5.92 Å². The fraction of sp³-hybridized carbons (Fsp3) is 0.526. The molecule has 0 heterocycles. The van der Waals surface area contributed by atoms with E-state index in [4.69, 9.17) is 4.74 Å². The SMILES string of the molecule is COC(=O)C[C@@H](CC(=O)OC(C)(C)C)C(=O)N[C@H](C)c1ccccc1. The van der Waals surface area contributed by atoms with E-state index in [2.05, 4.69) is 10.1 Å². The highest BCUT2D eigenvalue weighted by Crippen LogP contribution is 2.18. The third kappa shape index (κ3) is 7.83. The maximum Gasteiger partial charge on any atom is 0.307 e. The first kappa shape index (κ1) is 20.7. The lowest BCUT2D eigenvalue weighted by atomic mass is 9.99. The van der Waals surface area contributed by atoms with Gasteiger partial charge in [0.05, 0.1) is 31.9 Å². The lowest BCUT2D eigenvalue weighted by Gasteiger charge is -2.23. The van der Waals surface area contributed by atoms with Crippen LogP contribution in [0.2, 0.25) is 0 Å². The summed E-state index contributed by atoms with van der Waals surface area (Å²) in [4.78, 5) is 36.2. The molecule has 0 saturated heterocycles. The molecule has 0 saturated carbocycles. The van der Waals surface area contributed by atoms with Gasteiger partial charge < -0.3 is 14.8 Å². The summed E-state index contributed by atoms with van der Waals surface area (Å²) in [7, 11) is 1.25. The number of ether oxygens (including phenoxy) is 2. The lowest BCUT2D eigenvalue weighted by molar-refractivity contribution is -0.158. The first-order valence-corrected chi connectivity index (χ1v) is 8.26. The number of carbonyl (C=O) groups is 3. The van der Waals surface area contributed by atoms with Gasteiger partial charge in [-0.15, -0.1) is 0 Å². The minimum Gasteiger partial charge on any atom is -0.469 e. The van der Waals surface area contributed by atoms with Gasteiger partial charge in [-0.3, -0.25) is 14.4 Å². The molecule has 1 aromatic carbocycles. The zero-order chi connectivity index (χ0) is 19.0. The van der Waals surface area contributed by atoms with E-state index >= 15 is 0 Å². The second kappa shape index (κ2) is 9.20. The van der Waals surface area contributed by atoms with Crippen LogP contribution in [0.5, 0.6) is 0 Å². The molecule has 1 aromatic rings. The fourth-order valence-corrected chi connectivity index (χ4v) is 2.28. The van der Waals surface area contributed by atoms with Gasteiger partial charge in [-0.05, 0) is 33.3 Å². The smallest absolute Gasteiger partial charge is 0.307 e. The Morgan fingerprint density at radius 3 is 2.12 bits per heavy atom. The molecule has 0 aliphatic rings. The van der Waals surface area contributed by atoms with E-state index in [1.165, 1.54) is 7.11 Å².